The predicted molar refractivity (Wildman–Crippen MR) is 115 cm³/mol. The van der Waals surface area contributed by atoms with Gasteiger partial charge in [0.2, 0.25) is 0 Å². The predicted octanol–water partition coefficient (Wildman–Crippen LogP) is 5.10. The molecule has 3 rings (SSSR count). The van der Waals surface area contributed by atoms with E-state index in [4.69, 9.17) is 18.9 Å². The molecule has 1 aliphatic rings. The van der Waals surface area contributed by atoms with Crippen LogP contribution in [-0.2, 0) is 22.6 Å². The molecule has 1 unspecified atom stereocenters. The molecule has 30 heavy (non-hydrogen) atoms. The van der Waals surface area contributed by atoms with Crippen LogP contribution in [0.1, 0.15) is 50.5 Å². The van der Waals surface area contributed by atoms with Gasteiger partial charge in [0, 0.05) is 13.2 Å². The highest BCUT2D eigenvalue weighted by atomic mass is 16.6. The van der Waals surface area contributed by atoms with Gasteiger partial charge in [-0.15, -0.1) is 0 Å². The van der Waals surface area contributed by atoms with E-state index in [9.17, 15) is 4.79 Å². The highest BCUT2D eigenvalue weighted by molar-refractivity contribution is 5.69. The van der Waals surface area contributed by atoms with Gasteiger partial charge >= 0.3 is 6.09 Å². The summed E-state index contributed by atoms with van der Waals surface area (Å²) in [7, 11) is 1.62. The van der Waals surface area contributed by atoms with Crippen LogP contribution in [0.2, 0.25) is 0 Å². The van der Waals surface area contributed by atoms with Crippen LogP contribution in [0, 0.1) is 0 Å². The summed E-state index contributed by atoms with van der Waals surface area (Å²) in [6, 6.07) is 13.9. The van der Waals surface area contributed by atoms with E-state index < -0.39 is 5.60 Å². The number of methoxy groups -OCH3 is 1. The van der Waals surface area contributed by atoms with E-state index in [1.807, 2.05) is 70.2 Å². The number of nitrogens with zero attached hydrogens (tertiary/aromatic N) is 1. The lowest BCUT2D eigenvalue weighted by Crippen LogP contribution is -2.42. The second kappa shape index (κ2) is 9.39. The van der Waals surface area contributed by atoms with Crippen LogP contribution in [0.25, 0.3) is 0 Å². The molecular formula is C24H31NO5. The minimum Gasteiger partial charge on any atom is -0.493 e. The lowest BCUT2D eigenvalue weighted by atomic mass is 9.96. The summed E-state index contributed by atoms with van der Waals surface area (Å²) in [5, 5.41) is 0. The van der Waals surface area contributed by atoms with Crippen molar-refractivity contribution in [2.45, 2.75) is 52.6 Å². The van der Waals surface area contributed by atoms with Crippen molar-refractivity contribution in [3.8, 4) is 11.5 Å². The molecular weight excluding hydrogens is 382 g/mol. The Labute approximate surface area is 178 Å². The third-order valence-electron chi connectivity index (χ3n) is 4.78. The minimum absolute atomic E-state index is 0.253. The molecule has 0 fully saturated rings. The van der Waals surface area contributed by atoms with Crippen molar-refractivity contribution in [2.75, 3.05) is 20.3 Å². The third kappa shape index (κ3) is 5.45. The van der Waals surface area contributed by atoms with Gasteiger partial charge in [-0.1, -0.05) is 30.3 Å². The normalized spacial score (nSPS) is 16.0. The molecule has 0 saturated heterocycles. The van der Waals surface area contributed by atoms with Crippen LogP contribution in [0.4, 0.5) is 4.79 Å². The van der Waals surface area contributed by atoms with E-state index in [-0.39, 0.29) is 12.2 Å². The lowest BCUT2D eigenvalue weighted by molar-refractivity contribution is -0.00948. The Bertz CT molecular complexity index is 860. The van der Waals surface area contributed by atoms with E-state index in [2.05, 4.69) is 0 Å². The number of carbonyl (C=O) groups excluding carboxylic acids is 1. The molecule has 0 bridgehead atoms. The molecule has 6 nitrogen and oxygen atoms in total. The molecule has 1 amide bonds. The molecule has 2 aromatic rings. The second-order valence-electron chi connectivity index (χ2n) is 8.28. The van der Waals surface area contributed by atoms with Crippen molar-refractivity contribution in [3.05, 3.63) is 59.2 Å². The Morgan fingerprint density at radius 3 is 2.50 bits per heavy atom. The van der Waals surface area contributed by atoms with Crippen molar-refractivity contribution in [1.82, 2.24) is 4.90 Å². The summed E-state index contributed by atoms with van der Waals surface area (Å²) in [6.45, 7) is 9.39. The van der Waals surface area contributed by atoms with Crippen molar-refractivity contribution >= 4 is 6.09 Å². The quantitative estimate of drug-likeness (QED) is 0.659. The fraction of sp³-hybridized carbons (Fsp3) is 0.458. The number of hydrogen-bond donors (Lipinski definition) is 0. The fourth-order valence-electron chi connectivity index (χ4n) is 3.44. The first-order valence-electron chi connectivity index (χ1n) is 10.3. The van der Waals surface area contributed by atoms with Crippen molar-refractivity contribution in [2.24, 2.45) is 0 Å². The topological polar surface area (TPSA) is 57.2 Å². The summed E-state index contributed by atoms with van der Waals surface area (Å²) >= 11 is 0. The number of rotatable bonds is 6. The zero-order valence-electron chi connectivity index (χ0n) is 18.4. The first-order chi connectivity index (χ1) is 14.3. The highest BCUT2D eigenvalue weighted by Crippen LogP contribution is 2.38. The van der Waals surface area contributed by atoms with E-state index in [0.29, 0.717) is 37.8 Å². The lowest BCUT2D eigenvalue weighted by Gasteiger charge is -2.36. The molecule has 6 heteroatoms. The summed E-state index contributed by atoms with van der Waals surface area (Å²) < 4.78 is 23.2. The zero-order valence-corrected chi connectivity index (χ0v) is 18.4. The van der Waals surface area contributed by atoms with E-state index in [0.717, 1.165) is 16.7 Å². The third-order valence-corrected chi connectivity index (χ3v) is 4.78. The Balaban J connectivity index is 1.86. The van der Waals surface area contributed by atoms with Crippen LogP contribution in [0.3, 0.4) is 0 Å². The summed E-state index contributed by atoms with van der Waals surface area (Å²) in [5.41, 5.74) is 2.51. The SMILES string of the molecule is CCOC1CN(C(=O)OC(C)(C)C)Cc2cc(OC)c(OCc3ccccc3)cc21. The monoisotopic (exact) mass is 413 g/mol. The van der Waals surface area contributed by atoms with Gasteiger partial charge in [-0.2, -0.15) is 0 Å². The molecule has 1 atom stereocenters. The first kappa shape index (κ1) is 22.0. The van der Waals surface area contributed by atoms with E-state index in [1.165, 1.54) is 0 Å². The van der Waals surface area contributed by atoms with Crippen LogP contribution in [0.5, 0.6) is 11.5 Å². The molecule has 0 saturated carbocycles. The van der Waals surface area contributed by atoms with E-state index in [1.54, 1.807) is 12.0 Å². The van der Waals surface area contributed by atoms with Crippen LogP contribution in [-0.4, -0.2) is 36.9 Å². The largest absolute Gasteiger partial charge is 0.493 e. The Kier molecular flexibility index (Phi) is 6.87. The Morgan fingerprint density at radius 2 is 1.87 bits per heavy atom. The average Bonchev–Trinajstić information content (AvgIpc) is 2.71. The van der Waals surface area contributed by atoms with Gasteiger partial charge < -0.3 is 23.8 Å². The van der Waals surface area contributed by atoms with Gasteiger partial charge in [-0.3, -0.25) is 0 Å². The van der Waals surface area contributed by atoms with Gasteiger partial charge in [-0.25, -0.2) is 4.79 Å². The second-order valence-corrected chi connectivity index (χ2v) is 8.28. The summed E-state index contributed by atoms with van der Waals surface area (Å²) in [4.78, 5) is 14.3. The summed E-state index contributed by atoms with van der Waals surface area (Å²) in [6.07, 6.45) is -0.600. The molecule has 0 N–H and O–H groups in total. The number of carbonyl (C=O) groups is 1. The molecule has 0 radical (unpaired) electrons. The molecule has 0 spiro atoms. The maximum atomic E-state index is 12.6. The van der Waals surface area contributed by atoms with Crippen LogP contribution in [0.15, 0.2) is 42.5 Å². The van der Waals surface area contributed by atoms with Gasteiger partial charge in [0.05, 0.1) is 13.7 Å². The molecule has 162 valence electrons. The zero-order chi connectivity index (χ0) is 21.7. The molecule has 0 aliphatic carbocycles. The van der Waals surface area contributed by atoms with Gasteiger partial charge in [0.15, 0.2) is 11.5 Å². The van der Waals surface area contributed by atoms with Crippen LogP contribution >= 0.6 is 0 Å². The Morgan fingerprint density at radius 1 is 1.13 bits per heavy atom. The number of fused-ring (bicyclic) bond motifs is 1. The number of ether oxygens (including phenoxy) is 4. The van der Waals surface area contributed by atoms with E-state index >= 15 is 0 Å². The molecule has 2 aromatic carbocycles. The average molecular weight is 414 g/mol. The van der Waals surface area contributed by atoms with Crippen molar-refractivity contribution < 1.29 is 23.7 Å². The molecule has 1 heterocycles. The van der Waals surface area contributed by atoms with Crippen molar-refractivity contribution in [1.29, 1.82) is 0 Å². The number of benzene rings is 2. The molecule has 1 aliphatic heterocycles. The smallest absolute Gasteiger partial charge is 0.410 e. The van der Waals surface area contributed by atoms with Gasteiger partial charge in [0.25, 0.3) is 0 Å². The maximum absolute atomic E-state index is 12.6. The van der Waals surface area contributed by atoms with Gasteiger partial charge in [-0.05, 0) is 56.5 Å². The first-order valence-corrected chi connectivity index (χ1v) is 10.3. The fourth-order valence-corrected chi connectivity index (χ4v) is 3.44. The Hall–Kier alpha value is -2.73. The standard InChI is InChI=1S/C24H31NO5/c1-6-28-22-15-25(23(26)30-24(2,3)4)14-18-12-20(27-5)21(13-19(18)22)29-16-17-10-8-7-9-11-17/h7-13,22H,6,14-16H2,1-5H3. The van der Waals surface area contributed by atoms with Gasteiger partial charge in [0.1, 0.15) is 18.3 Å². The van der Waals surface area contributed by atoms with Crippen molar-refractivity contribution in [3.63, 3.8) is 0 Å². The summed E-state index contributed by atoms with van der Waals surface area (Å²) in [5.74, 6) is 1.29. The highest BCUT2D eigenvalue weighted by Gasteiger charge is 2.32. The van der Waals surface area contributed by atoms with Crippen LogP contribution < -0.4 is 9.47 Å². The molecule has 0 aromatic heterocycles. The number of hydrogen-bond acceptors (Lipinski definition) is 5. The number of amides is 1. The maximum Gasteiger partial charge on any atom is 0.410 e. The minimum atomic E-state index is -0.550.